The summed E-state index contributed by atoms with van der Waals surface area (Å²) in [5, 5.41) is 15.8. The fraction of sp³-hybridized carbons (Fsp3) is 0.231. The highest BCUT2D eigenvalue weighted by Crippen LogP contribution is 2.26. The summed E-state index contributed by atoms with van der Waals surface area (Å²) in [5.74, 6) is -0.759. The lowest BCUT2D eigenvalue weighted by molar-refractivity contribution is 0.595. The van der Waals surface area contributed by atoms with Crippen LogP contribution >= 0.6 is 0 Å². The summed E-state index contributed by atoms with van der Waals surface area (Å²) >= 11 is 0. The number of benzene rings is 1. The first-order valence-electron chi connectivity index (χ1n) is 5.60. The van der Waals surface area contributed by atoms with E-state index in [2.05, 4.69) is 10.4 Å². The molecule has 0 saturated heterocycles. The van der Waals surface area contributed by atoms with Crippen LogP contribution < -0.4 is 5.32 Å². The summed E-state index contributed by atoms with van der Waals surface area (Å²) in [5.41, 5.74) is 1.04. The lowest BCUT2D eigenvalue weighted by Gasteiger charge is -2.09. The number of nitriles is 1. The monoisotopic (exact) mass is 262 g/mol. The standard InChI is InChI=1S/C13H12F2N4/c1-7-4-11(15)12(5-10(7)14)17-13-9(6-16)8(2)18-19(13)3/h4-5,17H,1-3H3. The molecule has 0 radical (unpaired) electrons. The van der Waals surface area contributed by atoms with Crippen LogP contribution in [0.4, 0.5) is 20.3 Å². The van der Waals surface area contributed by atoms with Crippen LogP contribution in [0, 0.1) is 36.8 Å². The maximum Gasteiger partial charge on any atom is 0.147 e. The Balaban J connectivity index is 2.48. The predicted octanol–water partition coefficient (Wildman–Crippen LogP) is 2.93. The summed E-state index contributed by atoms with van der Waals surface area (Å²) < 4.78 is 28.6. The third-order valence-electron chi connectivity index (χ3n) is 2.84. The molecule has 1 aromatic carbocycles. The van der Waals surface area contributed by atoms with Gasteiger partial charge in [0, 0.05) is 13.1 Å². The summed E-state index contributed by atoms with van der Waals surface area (Å²) in [6.07, 6.45) is 0. The minimum atomic E-state index is -0.582. The second-order valence-corrected chi connectivity index (χ2v) is 4.25. The normalized spacial score (nSPS) is 10.3. The van der Waals surface area contributed by atoms with Gasteiger partial charge in [-0.1, -0.05) is 0 Å². The van der Waals surface area contributed by atoms with Crippen molar-refractivity contribution in [3.63, 3.8) is 0 Å². The van der Waals surface area contributed by atoms with Gasteiger partial charge in [0.25, 0.3) is 0 Å². The molecule has 0 fully saturated rings. The Morgan fingerprint density at radius 1 is 1.26 bits per heavy atom. The fourth-order valence-electron chi connectivity index (χ4n) is 1.81. The average Bonchev–Trinajstić information content (AvgIpc) is 2.60. The Kier molecular flexibility index (Phi) is 3.21. The summed E-state index contributed by atoms with van der Waals surface area (Å²) in [6.45, 7) is 3.16. The van der Waals surface area contributed by atoms with Crippen molar-refractivity contribution < 1.29 is 8.78 Å². The summed E-state index contributed by atoms with van der Waals surface area (Å²) in [7, 11) is 1.62. The number of nitrogens with one attached hydrogen (secondary N) is 1. The summed E-state index contributed by atoms with van der Waals surface area (Å²) in [4.78, 5) is 0. The van der Waals surface area contributed by atoms with Crippen molar-refractivity contribution in [2.75, 3.05) is 5.32 Å². The van der Waals surface area contributed by atoms with Crippen molar-refractivity contribution in [3.8, 4) is 6.07 Å². The number of hydrogen-bond donors (Lipinski definition) is 1. The van der Waals surface area contributed by atoms with Gasteiger partial charge in [-0.15, -0.1) is 0 Å². The van der Waals surface area contributed by atoms with Gasteiger partial charge in [0.05, 0.1) is 11.4 Å². The van der Waals surface area contributed by atoms with Gasteiger partial charge < -0.3 is 5.32 Å². The highest BCUT2D eigenvalue weighted by molar-refractivity contribution is 5.65. The van der Waals surface area contributed by atoms with Crippen LogP contribution in [0.3, 0.4) is 0 Å². The second kappa shape index (κ2) is 4.69. The SMILES string of the molecule is Cc1cc(F)c(Nc2c(C#N)c(C)nn2C)cc1F. The van der Waals surface area contributed by atoms with Crippen LogP contribution in [0.5, 0.6) is 0 Å². The van der Waals surface area contributed by atoms with E-state index in [0.29, 0.717) is 17.1 Å². The van der Waals surface area contributed by atoms with Crippen molar-refractivity contribution in [3.05, 3.63) is 40.6 Å². The maximum atomic E-state index is 13.7. The number of rotatable bonds is 2. The third kappa shape index (κ3) is 2.27. The van der Waals surface area contributed by atoms with E-state index in [4.69, 9.17) is 5.26 Å². The smallest absolute Gasteiger partial charge is 0.147 e. The van der Waals surface area contributed by atoms with E-state index < -0.39 is 11.6 Å². The minimum Gasteiger partial charge on any atom is -0.337 e. The molecule has 0 unspecified atom stereocenters. The van der Waals surface area contributed by atoms with Gasteiger partial charge in [0.1, 0.15) is 29.1 Å². The van der Waals surface area contributed by atoms with Gasteiger partial charge in [0.2, 0.25) is 0 Å². The molecule has 0 amide bonds. The molecule has 0 saturated carbocycles. The molecule has 0 aliphatic heterocycles. The summed E-state index contributed by atoms with van der Waals surface area (Å²) in [6, 6.07) is 4.16. The number of aromatic nitrogens is 2. The molecule has 6 heteroatoms. The van der Waals surface area contributed by atoms with Crippen LogP contribution in [-0.2, 0) is 7.05 Å². The molecular weight excluding hydrogens is 250 g/mol. The molecule has 0 aliphatic carbocycles. The van der Waals surface area contributed by atoms with E-state index >= 15 is 0 Å². The van der Waals surface area contributed by atoms with Crippen molar-refractivity contribution in [1.82, 2.24) is 9.78 Å². The van der Waals surface area contributed by atoms with Gasteiger partial charge in [-0.3, -0.25) is 4.68 Å². The molecule has 1 heterocycles. The molecule has 2 aromatic rings. The molecule has 98 valence electrons. The molecule has 1 N–H and O–H groups in total. The Hall–Kier alpha value is -2.42. The molecule has 2 rings (SSSR count). The van der Waals surface area contributed by atoms with Crippen molar-refractivity contribution in [2.24, 2.45) is 7.05 Å². The van der Waals surface area contributed by atoms with E-state index in [1.165, 1.54) is 11.6 Å². The quantitative estimate of drug-likeness (QED) is 0.905. The number of halogens is 2. The van der Waals surface area contributed by atoms with Gasteiger partial charge in [-0.2, -0.15) is 10.4 Å². The second-order valence-electron chi connectivity index (χ2n) is 4.25. The molecule has 0 atom stereocenters. The zero-order valence-corrected chi connectivity index (χ0v) is 10.8. The van der Waals surface area contributed by atoms with Crippen LogP contribution in [-0.4, -0.2) is 9.78 Å². The van der Waals surface area contributed by atoms with Crippen LogP contribution in [0.15, 0.2) is 12.1 Å². The lowest BCUT2D eigenvalue weighted by Crippen LogP contribution is -2.03. The van der Waals surface area contributed by atoms with Crippen molar-refractivity contribution in [1.29, 1.82) is 5.26 Å². The molecule has 4 nitrogen and oxygen atoms in total. The van der Waals surface area contributed by atoms with E-state index in [-0.39, 0.29) is 11.3 Å². The number of nitrogens with zero attached hydrogens (tertiary/aromatic N) is 3. The number of aryl methyl sites for hydroxylation is 3. The van der Waals surface area contributed by atoms with E-state index in [1.807, 2.05) is 6.07 Å². The maximum absolute atomic E-state index is 13.7. The van der Waals surface area contributed by atoms with E-state index in [9.17, 15) is 8.78 Å². The Labute approximate surface area is 109 Å². The number of anilines is 2. The van der Waals surface area contributed by atoms with Gasteiger partial charge in [0.15, 0.2) is 0 Å². The Bertz CT molecular complexity index is 683. The van der Waals surface area contributed by atoms with Crippen molar-refractivity contribution in [2.45, 2.75) is 13.8 Å². The van der Waals surface area contributed by atoms with Crippen molar-refractivity contribution >= 4 is 11.5 Å². The average molecular weight is 262 g/mol. The molecule has 0 bridgehead atoms. The first-order chi connectivity index (χ1) is 8.93. The largest absolute Gasteiger partial charge is 0.337 e. The molecule has 19 heavy (non-hydrogen) atoms. The lowest BCUT2D eigenvalue weighted by atomic mass is 10.2. The fourth-order valence-corrected chi connectivity index (χ4v) is 1.81. The highest BCUT2D eigenvalue weighted by Gasteiger charge is 2.15. The van der Waals surface area contributed by atoms with E-state index in [1.54, 1.807) is 14.0 Å². The Morgan fingerprint density at radius 3 is 2.58 bits per heavy atom. The van der Waals surface area contributed by atoms with Gasteiger partial charge in [-0.25, -0.2) is 8.78 Å². The van der Waals surface area contributed by atoms with Crippen LogP contribution in [0.2, 0.25) is 0 Å². The van der Waals surface area contributed by atoms with E-state index in [0.717, 1.165) is 12.1 Å². The molecule has 0 aliphatic rings. The number of hydrogen-bond acceptors (Lipinski definition) is 3. The zero-order chi connectivity index (χ0) is 14.2. The van der Waals surface area contributed by atoms with Crippen LogP contribution in [0.1, 0.15) is 16.8 Å². The molecular formula is C13H12F2N4. The van der Waals surface area contributed by atoms with Crippen LogP contribution in [0.25, 0.3) is 0 Å². The van der Waals surface area contributed by atoms with Gasteiger partial charge in [-0.05, 0) is 25.5 Å². The zero-order valence-electron chi connectivity index (χ0n) is 10.8. The minimum absolute atomic E-state index is 0.0254. The predicted molar refractivity (Wildman–Crippen MR) is 67.0 cm³/mol. The molecule has 1 aromatic heterocycles. The first kappa shape index (κ1) is 13.0. The topological polar surface area (TPSA) is 53.6 Å². The molecule has 0 spiro atoms. The highest BCUT2D eigenvalue weighted by atomic mass is 19.1. The first-order valence-corrected chi connectivity index (χ1v) is 5.60. The third-order valence-corrected chi connectivity index (χ3v) is 2.84. The Morgan fingerprint density at radius 2 is 1.95 bits per heavy atom. The van der Waals surface area contributed by atoms with Gasteiger partial charge >= 0.3 is 0 Å².